The van der Waals surface area contributed by atoms with Gasteiger partial charge in [0.2, 0.25) is 0 Å². The average Bonchev–Trinajstić information content (AvgIpc) is 2.79. The molecule has 2 atom stereocenters. The van der Waals surface area contributed by atoms with Crippen LogP contribution in [0.3, 0.4) is 0 Å². The number of benzene rings is 2. The van der Waals surface area contributed by atoms with Gasteiger partial charge in [-0.15, -0.1) is 0 Å². The molecule has 0 aliphatic heterocycles. The second-order valence-corrected chi connectivity index (χ2v) is 7.46. The molecule has 0 saturated carbocycles. The van der Waals surface area contributed by atoms with Crippen molar-refractivity contribution in [3.63, 3.8) is 0 Å². The zero-order valence-corrected chi connectivity index (χ0v) is 18.9. The van der Waals surface area contributed by atoms with Crippen LogP contribution in [0, 0.1) is 5.92 Å². The second kappa shape index (κ2) is 13.1. The maximum Gasteiger partial charge on any atom is 0.408 e. The highest BCUT2D eigenvalue weighted by atomic mass is 16.6. The van der Waals surface area contributed by atoms with Crippen LogP contribution in [0.4, 0.5) is 4.79 Å². The van der Waals surface area contributed by atoms with E-state index in [1.54, 1.807) is 0 Å². The van der Waals surface area contributed by atoms with Crippen LogP contribution >= 0.6 is 0 Å². The Bertz CT molecular complexity index is 908. The summed E-state index contributed by atoms with van der Waals surface area (Å²) in [5, 5.41) is 2.60. The van der Waals surface area contributed by atoms with Crippen LogP contribution in [0.1, 0.15) is 44.7 Å². The quantitative estimate of drug-likeness (QED) is 0.618. The van der Waals surface area contributed by atoms with Crippen molar-refractivity contribution in [1.82, 2.24) is 5.32 Å². The van der Waals surface area contributed by atoms with Crippen molar-refractivity contribution in [2.24, 2.45) is 5.92 Å². The Morgan fingerprint density at radius 3 is 2.16 bits per heavy atom. The highest BCUT2D eigenvalue weighted by Gasteiger charge is 2.27. The van der Waals surface area contributed by atoms with Gasteiger partial charge in [-0.25, -0.2) is 9.59 Å². The maximum absolute atomic E-state index is 12.8. The van der Waals surface area contributed by atoms with Gasteiger partial charge < -0.3 is 14.8 Å². The maximum atomic E-state index is 12.8. The summed E-state index contributed by atoms with van der Waals surface area (Å²) in [5.41, 5.74) is 1.71. The number of carbonyl (C=O) groups is 3. The Kier molecular flexibility index (Phi) is 10.2. The number of nitrogens with one attached hydrogen (secondary N) is 1. The van der Waals surface area contributed by atoms with Crippen molar-refractivity contribution < 1.29 is 23.9 Å². The Morgan fingerprint density at radius 2 is 1.56 bits per heavy atom. The number of ether oxygens (including phenoxy) is 2. The zero-order chi connectivity index (χ0) is 23.3. The lowest BCUT2D eigenvalue weighted by Crippen LogP contribution is -2.43. The van der Waals surface area contributed by atoms with E-state index in [-0.39, 0.29) is 24.7 Å². The first-order valence-corrected chi connectivity index (χ1v) is 11.0. The number of alkyl carbamates (subject to hydrolysis) is 1. The molecular weight excluding hydrogens is 406 g/mol. The largest absolute Gasteiger partial charge is 0.445 e. The molecule has 1 aliphatic carbocycles. The molecule has 0 aromatic heterocycles. The Hall–Kier alpha value is -3.41. The van der Waals surface area contributed by atoms with Crippen molar-refractivity contribution in [1.29, 1.82) is 0 Å². The van der Waals surface area contributed by atoms with E-state index in [4.69, 9.17) is 9.47 Å². The van der Waals surface area contributed by atoms with E-state index in [0.717, 1.165) is 11.1 Å². The predicted octanol–water partition coefficient (Wildman–Crippen LogP) is 4.98. The summed E-state index contributed by atoms with van der Waals surface area (Å²) in [4.78, 5) is 36.9. The second-order valence-electron chi connectivity index (χ2n) is 7.46. The Morgan fingerprint density at radius 1 is 0.969 bits per heavy atom. The first-order valence-electron chi connectivity index (χ1n) is 11.0. The smallest absolute Gasteiger partial charge is 0.408 e. The molecule has 2 aromatic carbocycles. The summed E-state index contributed by atoms with van der Waals surface area (Å²) in [6, 6.07) is 17.6. The molecule has 3 rings (SSSR count). The van der Waals surface area contributed by atoms with Gasteiger partial charge in [0.25, 0.3) is 0 Å². The number of rotatable bonds is 7. The van der Waals surface area contributed by atoms with Gasteiger partial charge in [0.1, 0.15) is 18.4 Å². The molecule has 0 fully saturated rings. The van der Waals surface area contributed by atoms with Crippen LogP contribution in [0.5, 0.6) is 0 Å². The number of hydrogen-bond acceptors (Lipinski definition) is 5. The van der Waals surface area contributed by atoms with Crippen molar-refractivity contribution in [3.05, 3.63) is 83.6 Å². The molecule has 2 aromatic rings. The van der Waals surface area contributed by atoms with Crippen LogP contribution in [0.2, 0.25) is 0 Å². The van der Waals surface area contributed by atoms with E-state index in [2.05, 4.69) is 5.32 Å². The minimum atomic E-state index is -0.941. The third kappa shape index (κ3) is 8.38. The minimum absolute atomic E-state index is 0.0635. The third-order valence-corrected chi connectivity index (χ3v) is 4.72. The topological polar surface area (TPSA) is 81.7 Å². The van der Waals surface area contributed by atoms with E-state index in [1.807, 2.05) is 81.4 Å². The number of amides is 1. The molecule has 0 bridgehead atoms. The zero-order valence-electron chi connectivity index (χ0n) is 18.9. The molecule has 6 heteroatoms. The predicted molar refractivity (Wildman–Crippen MR) is 123 cm³/mol. The molecule has 1 aliphatic rings. The summed E-state index contributed by atoms with van der Waals surface area (Å²) in [5.74, 6) is -0.238. The van der Waals surface area contributed by atoms with E-state index in [0.29, 0.717) is 18.6 Å². The van der Waals surface area contributed by atoms with Crippen molar-refractivity contribution in [2.45, 2.75) is 52.7 Å². The van der Waals surface area contributed by atoms with E-state index in [1.165, 1.54) is 6.08 Å². The van der Waals surface area contributed by atoms with Crippen LogP contribution < -0.4 is 5.32 Å². The van der Waals surface area contributed by atoms with Gasteiger partial charge in [0.15, 0.2) is 5.78 Å². The van der Waals surface area contributed by atoms with Gasteiger partial charge in [-0.05, 0) is 17.0 Å². The van der Waals surface area contributed by atoms with Crippen molar-refractivity contribution in [3.8, 4) is 0 Å². The minimum Gasteiger partial charge on any atom is -0.445 e. The summed E-state index contributed by atoms with van der Waals surface area (Å²) in [6.45, 7) is 6.02. The Labute approximate surface area is 189 Å². The third-order valence-electron chi connectivity index (χ3n) is 4.72. The lowest BCUT2D eigenvalue weighted by Gasteiger charge is -2.21. The van der Waals surface area contributed by atoms with Gasteiger partial charge in [-0.3, -0.25) is 4.79 Å². The summed E-state index contributed by atoms with van der Waals surface area (Å²) >= 11 is 0. The molecule has 1 amide bonds. The molecule has 1 N–H and O–H groups in total. The highest BCUT2D eigenvalue weighted by Crippen LogP contribution is 2.23. The lowest BCUT2D eigenvalue weighted by atomic mass is 9.94. The van der Waals surface area contributed by atoms with Crippen molar-refractivity contribution in [2.75, 3.05) is 0 Å². The van der Waals surface area contributed by atoms with Crippen LogP contribution in [0.25, 0.3) is 0 Å². The number of allylic oxidation sites excluding steroid dienone is 2. The SMILES string of the molecule is CC.CC1CC(=O)C=C(OC(=O)[C@H](Cc2ccccc2)NC(=O)OCc2ccccc2)C1. The molecule has 0 spiro atoms. The normalized spacial score (nSPS) is 16.0. The van der Waals surface area contributed by atoms with Crippen LogP contribution in [0.15, 0.2) is 72.5 Å². The van der Waals surface area contributed by atoms with Gasteiger partial charge in [-0.2, -0.15) is 0 Å². The fraction of sp³-hybridized carbons (Fsp3) is 0.346. The first-order chi connectivity index (χ1) is 15.5. The number of hydrogen-bond donors (Lipinski definition) is 1. The fourth-order valence-corrected chi connectivity index (χ4v) is 3.28. The van der Waals surface area contributed by atoms with E-state index >= 15 is 0 Å². The average molecular weight is 438 g/mol. The monoisotopic (exact) mass is 437 g/mol. The van der Waals surface area contributed by atoms with Gasteiger partial charge in [0, 0.05) is 25.3 Å². The summed E-state index contributed by atoms with van der Waals surface area (Å²) in [7, 11) is 0. The van der Waals surface area contributed by atoms with Crippen LogP contribution in [-0.4, -0.2) is 23.9 Å². The fourth-order valence-electron chi connectivity index (χ4n) is 3.28. The molecule has 0 radical (unpaired) electrons. The van der Waals surface area contributed by atoms with Crippen LogP contribution in [-0.2, 0) is 32.1 Å². The molecule has 0 saturated heterocycles. The molecule has 1 unspecified atom stereocenters. The number of carbonyl (C=O) groups excluding carboxylic acids is 3. The standard InChI is InChI=1S/C24H25NO5.C2H6/c1-17-12-20(26)15-21(13-17)30-23(27)22(14-18-8-4-2-5-9-18)25-24(28)29-16-19-10-6-3-7-11-19;1-2/h2-11,15,17,22H,12-14,16H2,1H3,(H,25,28);1-2H3/t17?,22-;/m0./s1. The molecule has 6 nitrogen and oxygen atoms in total. The van der Waals surface area contributed by atoms with Gasteiger partial charge in [-0.1, -0.05) is 81.4 Å². The summed E-state index contributed by atoms with van der Waals surface area (Å²) < 4.78 is 10.7. The van der Waals surface area contributed by atoms with Crippen molar-refractivity contribution >= 4 is 17.8 Å². The number of esters is 1. The number of ketones is 1. The lowest BCUT2D eigenvalue weighted by molar-refractivity contribution is -0.142. The van der Waals surface area contributed by atoms with E-state index in [9.17, 15) is 14.4 Å². The molecule has 32 heavy (non-hydrogen) atoms. The molecule has 0 heterocycles. The first kappa shape index (κ1) is 24.9. The van der Waals surface area contributed by atoms with Gasteiger partial charge in [0.05, 0.1) is 0 Å². The highest BCUT2D eigenvalue weighted by molar-refractivity contribution is 5.92. The van der Waals surface area contributed by atoms with E-state index < -0.39 is 18.1 Å². The Balaban J connectivity index is 0.00000176. The summed E-state index contributed by atoms with van der Waals surface area (Å²) in [6.07, 6.45) is 1.85. The van der Waals surface area contributed by atoms with Gasteiger partial charge >= 0.3 is 12.1 Å². The molecular formula is C26H31NO5. The molecule has 170 valence electrons.